The highest BCUT2D eigenvalue weighted by Gasteiger charge is 2.29. The monoisotopic (exact) mass is 259 g/mol. The minimum absolute atomic E-state index is 0.0912. The first-order valence-corrected chi connectivity index (χ1v) is 7.86. The van der Waals surface area contributed by atoms with Crippen LogP contribution < -0.4 is 0 Å². The molecule has 0 saturated carbocycles. The van der Waals surface area contributed by atoms with E-state index in [-0.39, 0.29) is 5.41 Å². The van der Waals surface area contributed by atoms with Crippen LogP contribution in [-0.4, -0.2) is 46.7 Å². The molecule has 1 saturated heterocycles. The third kappa shape index (κ3) is 5.19. The number of hydrogen-bond acceptors (Lipinski definition) is 3. The zero-order chi connectivity index (χ0) is 12.9. The van der Waals surface area contributed by atoms with Gasteiger partial charge in [0.2, 0.25) is 0 Å². The molecule has 1 aliphatic heterocycles. The van der Waals surface area contributed by atoms with Gasteiger partial charge in [0.25, 0.3) is 0 Å². The van der Waals surface area contributed by atoms with Crippen LogP contribution in [0.3, 0.4) is 0 Å². The second kappa shape index (κ2) is 6.44. The summed E-state index contributed by atoms with van der Waals surface area (Å²) >= 11 is 2.09. The van der Waals surface area contributed by atoms with E-state index in [0.717, 1.165) is 19.4 Å². The first-order valence-electron chi connectivity index (χ1n) is 6.88. The van der Waals surface area contributed by atoms with E-state index in [0.29, 0.717) is 11.4 Å². The van der Waals surface area contributed by atoms with Gasteiger partial charge in [0.15, 0.2) is 0 Å². The van der Waals surface area contributed by atoms with Gasteiger partial charge < -0.3 is 10.0 Å². The van der Waals surface area contributed by atoms with Gasteiger partial charge >= 0.3 is 0 Å². The van der Waals surface area contributed by atoms with Crippen molar-refractivity contribution < 1.29 is 5.11 Å². The summed E-state index contributed by atoms with van der Waals surface area (Å²) in [6.45, 7) is 12.8. The van der Waals surface area contributed by atoms with Gasteiger partial charge in [0.05, 0.1) is 0 Å². The van der Waals surface area contributed by atoms with Gasteiger partial charge in [-0.05, 0) is 19.4 Å². The summed E-state index contributed by atoms with van der Waals surface area (Å²) in [5.74, 6) is 1.22. The molecule has 0 spiro atoms. The largest absolute Gasteiger partial charge is 0.396 e. The number of hydrogen-bond donors (Lipinski definition) is 1. The summed E-state index contributed by atoms with van der Waals surface area (Å²) in [7, 11) is 0. The predicted molar refractivity (Wildman–Crippen MR) is 77.7 cm³/mol. The van der Waals surface area contributed by atoms with Crippen LogP contribution in [0, 0.1) is 5.41 Å². The molecule has 0 amide bonds. The van der Waals surface area contributed by atoms with E-state index < -0.39 is 0 Å². The fourth-order valence-corrected chi connectivity index (χ4v) is 3.71. The van der Waals surface area contributed by atoms with Gasteiger partial charge in [-0.3, -0.25) is 0 Å². The van der Waals surface area contributed by atoms with Gasteiger partial charge in [-0.1, -0.05) is 34.1 Å². The lowest BCUT2D eigenvalue weighted by Gasteiger charge is -2.33. The maximum atomic E-state index is 9.59. The summed E-state index contributed by atoms with van der Waals surface area (Å²) in [4.78, 5) is 2.55. The molecular weight excluding hydrogens is 230 g/mol. The predicted octanol–water partition coefficient (Wildman–Crippen LogP) is 3.00. The van der Waals surface area contributed by atoms with Crippen molar-refractivity contribution in [2.75, 3.05) is 32.0 Å². The van der Waals surface area contributed by atoms with E-state index in [2.05, 4.69) is 44.4 Å². The maximum Gasteiger partial charge on any atom is 0.0497 e. The molecule has 17 heavy (non-hydrogen) atoms. The van der Waals surface area contributed by atoms with Gasteiger partial charge in [0.1, 0.15) is 0 Å². The van der Waals surface area contributed by atoms with Gasteiger partial charge in [0, 0.05) is 35.6 Å². The second-order valence-electron chi connectivity index (χ2n) is 6.35. The maximum absolute atomic E-state index is 9.59. The first kappa shape index (κ1) is 15.3. The van der Waals surface area contributed by atoms with E-state index in [9.17, 15) is 5.11 Å². The standard InChI is InChI=1S/C14H29NOS/c1-5-6-14(4,12-16)11-15-8-7-13(2,3)17-10-9-15/h16H,5-12H2,1-4H3. The van der Waals surface area contributed by atoms with Crippen molar-refractivity contribution in [2.24, 2.45) is 5.41 Å². The smallest absolute Gasteiger partial charge is 0.0497 e. The molecule has 0 aliphatic carbocycles. The second-order valence-corrected chi connectivity index (χ2v) is 8.16. The Morgan fingerprint density at radius 3 is 2.65 bits per heavy atom. The highest BCUT2D eigenvalue weighted by atomic mass is 32.2. The van der Waals surface area contributed by atoms with Crippen LogP contribution in [0.4, 0.5) is 0 Å². The third-order valence-corrected chi connectivity index (χ3v) is 5.14. The lowest BCUT2D eigenvalue weighted by atomic mass is 9.86. The van der Waals surface area contributed by atoms with Crippen LogP contribution in [0.1, 0.15) is 47.0 Å². The molecule has 0 aromatic carbocycles. The Labute approximate surface area is 111 Å². The molecule has 1 atom stereocenters. The van der Waals surface area contributed by atoms with Crippen molar-refractivity contribution in [3.05, 3.63) is 0 Å². The summed E-state index contributed by atoms with van der Waals surface area (Å²) in [5, 5.41) is 9.59. The van der Waals surface area contributed by atoms with Gasteiger partial charge in [-0.15, -0.1) is 0 Å². The molecule has 0 radical (unpaired) electrons. The lowest BCUT2D eigenvalue weighted by Crippen LogP contribution is -2.39. The SMILES string of the molecule is CCCC(C)(CO)CN1CCSC(C)(C)CC1. The average Bonchev–Trinajstić information content (AvgIpc) is 2.41. The van der Waals surface area contributed by atoms with Crippen LogP contribution in [0.2, 0.25) is 0 Å². The third-order valence-electron chi connectivity index (χ3n) is 3.77. The zero-order valence-corrected chi connectivity index (χ0v) is 12.8. The van der Waals surface area contributed by atoms with Crippen molar-refractivity contribution in [3.8, 4) is 0 Å². The van der Waals surface area contributed by atoms with Gasteiger partial charge in [-0.2, -0.15) is 11.8 Å². The number of aliphatic hydroxyl groups is 1. The molecule has 0 aromatic rings. The number of nitrogens with zero attached hydrogens (tertiary/aromatic N) is 1. The summed E-state index contributed by atoms with van der Waals surface area (Å²) in [6, 6.07) is 0. The molecule has 0 bridgehead atoms. The Bertz CT molecular complexity index is 232. The highest BCUT2D eigenvalue weighted by Crippen LogP contribution is 2.32. The van der Waals surface area contributed by atoms with Crippen LogP contribution >= 0.6 is 11.8 Å². The first-order chi connectivity index (χ1) is 7.91. The molecule has 1 unspecified atom stereocenters. The average molecular weight is 259 g/mol. The minimum atomic E-state index is 0.0912. The number of thioether (sulfide) groups is 1. The molecule has 0 aromatic heterocycles. The van der Waals surface area contributed by atoms with E-state index in [1.54, 1.807) is 0 Å². The Hall–Kier alpha value is 0.270. The van der Waals surface area contributed by atoms with Crippen LogP contribution in [0.15, 0.2) is 0 Å². The molecular formula is C14H29NOS. The fourth-order valence-electron chi connectivity index (χ4n) is 2.57. The number of aliphatic hydroxyl groups excluding tert-OH is 1. The molecule has 1 N–H and O–H groups in total. The summed E-state index contributed by atoms with van der Waals surface area (Å²) in [6.07, 6.45) is 3.53. The molecule has 1 aliphatic rings. The van der Waals surface area contributed by atoms with E-state index in [4.69, 9.17) is 0 Å². The topological polar surface area (TPSA) is 23.5 Å². The van der Waals surface area contributed by atoms with Crippen molar-refractivity contribution in [1.29, 1.82) is 0 Å². The summed E-state index contributed by atoms with van der Waals surface area (Å²) in [5.41, 5.74) is 0.0912. The van der Waals surface area contributed by atoms with E-state index in [1.807, 2.05) is 0 Å². The highest BCUT2D eigenvalue weighted by molar-refractivity contribution is 8.00. The van der Waals surface area contributed by atoms with Crippen LogP contribution in [0.5, 0.6) is 0 Å². The molecule has 102 valence electrons. The van der Waals surface area contributed by atoms with Crippen LogP contribution in [-0.2, 0) is 0 Å². The molecule has 1 heterocycles. The van der Waals surface area contributed by atoms with Crippen molar-refractivity contribution in [2.45, 2.75) is 51.7 Å². The lowest BCUT2D eigenvalue weighted by molar-refractivity contribution is 0.0819. The van der Waals surface area contributed by atoms with Crippen molar-refractivity contribution >= 4 is 11.8 Å². The quantitative estimate of drug-likeness (QED) is 0.821. The van der Waals surface area contributed by atoms with Crippen molar-refractivity contribution in [3.63, 3.8) is 0 Å². The van der Waals surface area contributed by atoms with Crippen LogP contribution in [0.25, 0.3) is 0 Å². The Morgan fingerprint density at radius 2 is 2.06 bits per heavy atom. The van der Waals surface area contributed by atoms with E-state index in [1.165, 1.54) is 25.3 Å². The summed E-state index contributed by atoms with van der Waals surface area (Å²) < 4.78 is 0.426. The Kier molecular flexibility index (Phi) is 5.81. The normalized spacial score (nSPS) is 25.2. The van der Waals surface area contributed by atoms with Gasteiger partial charge in [-0.25, -0.2) is 0 Å². The zero-order valence-electron chi connectivity index (χ0n) is 12.0. The molecule has 1 rings (SSSR count). The fraction of sp³-hybridized carbons (Fsp3) is 1.00. The molecule has 3 heteroatoms. The van der Waals surface area contributed by atoms with Crippen molar-refractivity contribution in [1.82, 2.24) is 4.90 Å². The van der Waals surface area contributed by atoms with E-state index >= 15 is 0 Å². The molecule has 1 fully saturated rings. The Balaban J connectivity index is 2.50. The Morgan fingerprint density at radius 1 is 1.35 bits per heavy atom. The number of rotatable bonds is 5. The minimum Gasteiger partial charge on any atom is -0.396 e. The molecule has 2 nitrogen and oxygen atoms in total.